The standard InChI is InChI=1S/C25H38O7/c1-5-6-7-8-9-10-14-21-16-17-23(28)22(21)15-12-11-13-18(2)25(24(29)30,31-19(3)26)32-20(4)27/h10-12,14,18,21-22H,5-9,13,15-17H2,1-4H3,(H,29,30)/b12-11-,14-10+/t18?,21-,22+/m0/s1. The van der Waals surface area contributed by atoms with Crippen LogP contribution in [0.5, 0.6) is 0 Å². The maximum atomic E-state index is 12.3. The van der Waals surface area contributed by atoms with E-state index in [4.69, 9.17) is 9.47 Å². The van der Waals surface area contributed by atoms with Crippen molar-refractivity contribution in [2.75, 3.05) is 0 Å². The Labute approximate surface area is 191 Å². The zero-order valence-corrected chi connectivity index (χ0v) is 19.8. The van der Waals surface area contributed by atoms with E-state index in [0.29, 0.717) is 12.8 Å². The third-order valence-corrected chi connectivity index (χ3v) is 5.85. The zero-order valence-electron chi connectivity index (χ0n) is 19.8. The molecule has 32 heavy (non-hydrogen) atoms. The number of hydrogen-bond donors (Lipinski definition) is 1. The summed E-state index contributed by atoms with van der Waals surface area (Å²) < 4.78 is 9.87. The number of carboxylic acids is 1. The predicted molar refractivity (Wildman–Crippen MR) is 121 cm³/mol. The lowest BCUT2D eigenvalue weighted by atomic mass is 9.90. The minimum atomic E-state index is -2.38. The fourth-order valence-electron chi connectivity index (χ4n) is 4.08. The molecule has 0 bridgehead atoms. The van der Waals surface area contributed by atoms with Gasteiger partial charge in [-0.3, -0.25) is 14.4 Å². The topological polar surface area (TPSA) is 107 Å². The Kier molecular flexibility index (Phi) is 12.0. The van der Waals surface area contributed by atoms with Gasteiger partial charge in [0, 0.05) is 32.1 Å². The molecule has 0 amide bonds. The van der Waals surface area contributed by atoms with E-state index in [0.717, 1.165) is 26.7 Å². The molecule has 0 aromatic rings. The first-order valence-corrected chi connectivity index (χ1v) is 11.6. The normalized spacial score (nSPS) is 20.1. The maximum absolute atomic E-state index is 12.3. The van der Waals surface area contributed by atoms with Crippen molar-refractivity contribution in [1.29, 1.82) is 0 Å². The number of allylic oxidation sites excluding steroid dienone is 4. The molecule has 1 aliphatic carbocycles. The van der Waals surface area contributed by atoms with Crippen LogP contribution >= 0.6 is 0 Å². The van der Waals surface area contributed by atoms with Crippen LogP contribution in [0.1, 0.15) is 85.5 Å². The fourth-order valence-corrected chi connectivity index (χ4v) is 4.08. The van der Waals surface area contributed by atoms with Crippen LogP contribution in [0, 0.1) is 17.8 Å². The number of carbonyl (C=O) groups excluding carboxylic acids is 3. The van der Waals surface area contributed by atoms with Crippen molar-refractivity contribution < 1.29 is 33.8 Å². The Hall–Kier alpha value is -2.44. The molecule has 0 radical (unpaired) electrons. The summed E-state index contributed by atoms with van der Waals surface area (Å²) in [5, 5.41) is 9.61. The van der Waals surface area contributed by atoms with Crippen LogP contribution in [-0.2, 0) is 28.7 Å². The molecule has 0 aromatic carbocycles. The highest BCUT2D eigenvalue weighted by Crippen LogP contribution is 2.33. The van der Waals surface area contributed by atoms with Crippen molar-refractivity contribution in [3.8, 4) is 0 Å². The SMILES string of the molecule is CCCCCC/C=C/[C@H]1CCC(=O)[C@@H]1C/C=C\CC(C)C(OC(C)=O)(OC(C)=O)C(=O)O. The molecule has 3 atom stereocenters. The Morgan fingerprint density at radius 1 is 1.09 bits per heavy atom. The molecule has 180 valence electrons. The largest absolute Gasteiger partial charge is 0.475 e. The second kappa shape index (κ2) is 13.9. The van der Waals surface area contributed by atoms with Crippen molar-refractivity contribution in [1.82, 2.24) is 0 Å². The molecular formula is C25H38O7. The summed E-state index contributed by atoms with van der Waals surface area (Å²) in [5.41, 5.74) is 0. The molecular weight excluding hydrogens is 412 g/mol. The number of carbonyl (C=O) groups is 4. The lowest BCUT2D eigenvalue weighted by Gasteiger charge is -2.32. The van der Waals surface area contributed by atoms with Gasteiger partial charge in [0.25, 0.3) is 0 Å². The number of unbranched alkanes of at least 4 members (excludes halogenated alkanes) is 4. The highest BCUT2D eigenvalue weighted by atomic mass is 16.7. The van der Waals surface area contributed by atoms with Gasteiger partial charge in [0.1, 0.15) is 5.78 Å². The van der Waals surface area contributed by atoms with Gasteiger partial charge in [-0.05, 0) is 38.0 Å². The van der Waals surface area contributed by atoms with E-state index in [1.165, 1.54) is 32.6 Å². The molecule has 7 nitrogen and oxygen atoms in total. The van der Waals surface area contributed by atoms with Gasteiger partial charge in [0.2, 0.25) is 0 Å². The lowest BCUT2D eigenvalue weighted by molar-refractivity contribution is -0.248. The second-order valence-corrected chi connectivity index (χ2v) is 8.56. The number of aliphatic carboxylic acids is 1. The average Bonchev–Trinajstić information content (AvgIpc) is 3.05. The van der Waals surface area contributed by atoms with Crippen LogP contribution in [0.3, 0.4) is 0 Å². The number of carboxylic acid groups (broad SMARTS) is 1. The molecule has 1 rings (SSSR count). The summed E-state index contributed by atoms with van der Waals surface area (Å²) in [6.45, 7) is 5.85. The molecule has 0 saturated heterocycles. The fraction of sp³-hybridized carbons (Fsp3) is 0.680. The highest BCUT2D eigenvalue weighted by Gasteiger charge is 2.50. The van der Waals surface area contributed by atoms with Gasteiger partial charge < -0.3 is 14.6 Å². The predicted octanol–water partition coefficient (Wildman–Crippen LogP) is 4.99. The average molecular weight is 451 g/mol. The number of Topliss-reactive ketones (excluding diaryl/α,β-unsaturated/α-hetero) is 1. The second-order valence-electron chi connectivity index (χ2n) is 8.56. The molecule has 1 N–H and O–H groups in total. The van der Waals surface area contributed by atoms with Crippen molar-refractivity contribution in [3.05, 3.63) is 24.3 Å². The molecule has 1 aliphatic rings. The van der Waals surface area contributed by atoms with Gasteiger partial charge in [-0.2, -0.15) is 0 Å². The lowest BCUT2D eigenvalue weighted by Crippen LogP contribution is -2.51. The summed E-state index contributed by atoms with van der Waals surface area (Å²) >= 11 is 0. The molecule has 1 saturated carbocycles. The van der Waals surface area contributed by atoms with Crippen LogP contribution in [-0.4, -0.2) is 34.6 Å². The van der Waals surface area contributed by atoms with E-state index in [1.807, 2.05) is 6.08 Å². The van der Waals surface area contributed by atoms with Gasteiger partial charge >= 0.3 is 23.7 Å². The zero-order chi connectivity index (χ0) is 24.1. The number of ketones is 1. The molecule has 0 aliphatic heterocycles. The van der Waals surface area contributed by atoms with Gasteiger partial charge in [-0.1, -0.05) is 57.4 Å². The van der Waals surface area contributed by atoms with E-state index >= 15 is 0 Å². The minimum absolute atomic E-state index is 0.0698. The van der Waals surface area contributed by atoms with Crippen LogP contribution in [0.2, 0.25) is 0 Å². The number of rotatable bonds is 14. The highest BCUT2D eigenvalue weighted by molar-refractivity contribution is 5.84. The maximum Gasteiger partial charge on any atom is 0.390 e. The van der Waals surface area contributed by atoms with Crippen molar-refractivity contribution in [2.24, 2.45) is 17.8 Å². The Morgan fingerprint density at radius 3 is 2.31 bits per heavy atom. The minimum Gasteiger partial charge on any atom is -0.475 e. The van der Waals surface area contributed by atoms with Crippen LogP contribution in [0.25, 0.3) is 0 Å². The van der Waals surface area contributed by atoms with E-state index in [1.54, 1.807) is 6.08 Å². The monoisotopic (exact) mass is 450 g/mol. The van der Waals surface area contributed by atoms with Gasteiger partial charge in [-0.25, -0.2) is 4.79 Å². The smallest absolute Gasteiger partial charge is 0.390 e. The first-order valence-electron chi connectivity index (χ1n) is 11.6. The van der Waals surface area contributed by atoms with Crippen LogP contribution < -0.4 is 0 Å². The first-order chi connectivity index (χ1) is 15.1. The number of ether oxygens (including phenoxy) is 2. The van der Waals surface area contributed by atoms with E-state index in [-0.39, 0.29) is 24.0 Å². The third kappa shape index (κ3) is 8.60. The van der Waals surface area contributed by atoms with E-state index in [2.05, 4.69) is 19.1 Å². The Bertz CT molecular complexity index is 691. The molecule has 7 heteroatoms. The van der Waals surface area contributed by atoms with Gasteiger partial charge in [0.15, 0.2) is 0 Å². The summed E-state index contributed by atoms with van der Waals surface area (Å²) in [5.74, 6) is -6.04. The summed E-state index contributed by atoms with van der Waals surface area (Å²) in [6, 6.07) is 0. The molecule has 1 fully saturated rings. The quantitative estimate of drug-likeness (QED) is 0.172. The number of esters is 2. The Morgan fingerprint density at radius 2 is 1.75 bits per heavy atom. The summed E-state index contributed by atoms with van der Waals surface area (Å²) in [7, 11) is 0. The van der Waals surface area contributed by atoms with Gasteiger partial charge in [0.05, 0.1) is 0 Å². The number of hydrogen-bond acceptors (Lipinski definition) is 6. The van der Waals surface area contributed by atoms with Crippen molar-refractivity contribution in [3.63, 3.8) is 0 Å². The van der Waals surface area contributed by atoms with E-state index < -0.39 is 29.6 Å². The first kappa shape index (κ1) is 27.6. The molecule has 0 heterocycles. The molecule has 0 spiro atoms. The molecule has 1 unspecified atom stereocenters. The van der Waals surface area contributed by atoms with Gasteiger partial charge in [-0.15, -0.1) is 0 Å². The third-order valence-electron chi connectivity index (χ3n) is 5.85. The summed E-state index contributed by atoms with van der Waals surface area (Å²) in [4.78, 5) is 47.0. The van der Waals surface area contributed by atoms with Crippen molar-refractivity contribution >= 4 is 23.7 Å². The van der Waals surface area contributed by atoms with Crippen LogP contribution in [0.15, 0.2) is 24.3 Å². The molecule has 0 aromatic heterocycles. The summed E-state index contributed by atoms with van der Waals surface area (Å²) in [6.07, 6.45) is 16.1. The Balaban J connectivity index is 2.71. The van der Waals surface area contributed by atoms with Crippen LogP contribution in [0.4, 0.5) is 0 Å². The van der Waals surface area contributed by atoms with E-state index in [9.17, 15) is 24.3 Å². The van der Waals surface area contributed by atoms with Crippen molar-refractivity contribution in [2.45, 2.75) is 91.3 Å².